The molecule has 130 valence electrons. The fourth-order valence-electron chi connectivity index (χ4n) is 2.90. The molecule has 1 N–H and O–H groups in total. The summed E-state index contributed by atoms with van der Waals surface area (Å²) in [7, 11) is 0. The van der Waals surface area contributed by atoms with E-state index in [1.807, 2.05) is 35.7 Å². The van der Waals surface area contributed by atoms with Gasteiger partial charge in [0.25, 0.3) is 5.91 Å². The Morgan fingerprint density at radius 2 is 1.96 bits per heavy atom. The van der Waals surface area contributed by atoms with Crippen LogP contribution < -0.4 is 10.1 Å². The number of carbonyl (C=O) groups is 1. The first kappa shape index (κ1) is 17.7. The van der Waals surface area contributed by atoms with Crippen LogP contribution in [0.3, 0.4) is 0 Å². The van der Waals surface area contributed by atoms with Crippen LogP contribution in [-0.4, -0.2) is 30.6 Å². The molecule has 1 unspecified atom stereocenters. The molecule has 1 saturated heterocycles. The van der Waals surface area contributed by atoms with Crippen LogP contribution in [0.4, 0.5) is 0 Å². The summed E-state index contributed by atoms with van der Waals surface area (Å²) in [6.45, 7) is 0.844. The lowest BCUT2D eigenvalue weighted by Gasteiger charge is -2.21. The molecule has 24 heavy (non-hydrogen) atoms. The largest absolute Gasteiger partial charge is 0.484 e. The smallest absolute Gasteiger partial charge is 0.257 e. The Kier molecular flexibility index (Phi) is 6.97. The second-order valence-corrected chi connectivity index (χ2v) is 8.96. The van der Waals surface area contributed by atoms with Crippen molar-refractivity contribution in [3.63, 3.8) is 0 Å². The Morgan fingerprint density at radius 3 is 2.67 bits per heavy atom. The monoisotopic (exact) mass is 363 g/mol. The highest BCUT2D eigenvalue weighted by Gasteiger charge is 2.16. The molecule has 0 aromatic heterocycles. The molecule has 3 nitrogen and oxygen atoms in total. The van der Waals surface area contributed by atoms with E-state index in [-0.39, 0.29) is 12.5 Å². The summed E-state index contributed by atoms with van der Waals surface area (Å²) in [5, 5.41) is 2.98. The van der Waals surface area contributed by atoms with Crippen LogP contribution in [0.25, 0.3) is 0 Å². The van der Waals surface area contributed by atoms with E-state index < -0.39 is 0 Å². The van der Waals surface area contributed by atoms with E-state index in [0.717, 1.165) is 31.6 Å². The standard InChI is InChI=1S/C19H25NO2S2/c21-18(20-13-15-5-2-1-3-6-15)14-22-17-9-7-16(8-10-17)19-23-11-4-12-24-19/h1-2,7-10,15,19H,3-6,11-14H2,(H,20,21). The minimum absolute atomic E-state index is 0.0352. The highest BCUT2D eigenvalue weighted by Crippen LogP contribution is 2.43. The van der Waals surface area contributed by atoms with Gasteiger partial charge in [-0.25, -0.2) is 0 Å². The van der Waals surface area contributed by atoms with Crippen molar-refractivity contribution >= 4 is 29.4 Å². The van der Waals surface area contributed by atoms with Crippen molar-refractivity contribution in [3.8, 4) is 5.75 Å². The lowest BCUT2D eigenvalue weighted by atomic mass is 9.94. The molecule has 0 bridgehead atoms. The van der Waals surface area contributed by atoms with Crippen LogP contribution in [0.1, 0.15) is 35.8 Å². The summed E-state index contributed by atoms with van der Waals surface area (Å²) in [5.74, 6) is 3.79. The Balaban J connectivity index is 1.39. The summed E-state index contributed by atoms with van der Waals surface area (Å²) in [6.07, 6.45) is 9.09. The first-order chi connectivity index (χ1) is 11.8. The van der Waals surface area contributed by atoms with Crippen molar-refractivity contribution in [2.24, 2.45) is 5.92 Å². The summed E-state index contributed by atoms with van der Waals surface area (Å²) >= 11 is 4.03. The van der Waals surface area contributed by atoms with E-state index in [1.165, 1.54) is 23.5 Å². The minimum Gasteiger partial charge on any atom is -0.484 e. The molecule has 0 saturated carbocycles. The number of nitrogens with one attached hydrogen (secondary N) is 1. The molecule has 3 rings (SSSR count). The maximum Gasteiger partial charge on any atom is 0.257 e. The van der Waals surface area contributed by atoms with Crippen LogP contribution in [0.15, 0.2) is 36.4 Å². The van der Waals surface area contributed by atoms with Gasteiger partial charge in [0.15, 0.2) is 6.61 Å². The van der Waals surface area contributed by atoms with E-state index in [1.54, 1.807) is 0 Å². The van der Waals surface area contributed by atoms with Gasteiger partial charge in [-0.05, 0) is 60.8 Å². The van der Waals surface area contributed by atoms with Crippen LogP contribution >= 0.6 is 23.5 Å². The molecule has 1 aromatic rings. The van der Waals surface area contributed by atoms with Gasteiger partial charge in [0.05, 0.1) is 4.58 Å². The second kappa shape index (κ2) is 9.42. The van der Waals surface area contributed by atoms with Gasteiger partial charge in [0.1, 0.15) is 5.75 Å². The molecular formula is C19H25NO2S2. The number of carbonyl (C=O) groups excluding carboxylic acids is 1. The summed E-state index contributed by atoms with van der Waals surface area (Å²) in [6, 6.07) is 8.20. The van der Waals surface area contributed by atoms with Crippen LogP contribution in [-0.2, 0) is 4.79 Å². The normalized spacial score (nSPS) is 21.4. The van der Waals surface area contributed by atoms with Crippen molar-refractivity contribution in [2.75, 3.05) is 24.7 Å². The first-order valence-corrected chi connectivity index (χ1v) is 10.8. The number of rotatable bonds is 6. The SMILES string of the molecule is O=C(COc1ccc(C2SCCCS2)cc1)NCC1CC=CCC1. The van der Waals surface area contributed by atoms with Crippen molar-refractivity contribution in [3.05, 3.63) is 42.0 Å². The number of hydrogen-bond donors (Lipinski definition) is 1. The van der Waals surface area contributed by atoms with Gasteiger partial charge in [-0.1, -0.05) is 24.3 Å². The number of hydrogen-bond acceptors (Lipinski definition) is 4. The van der Waals surface area contributed by atoms with Gasteiger partial charge < -0.3 is 10.1 Å². The zero-order valence-corrected chi connectivity index (χ0v) is 15.5. The highest BCUT2D eigenvalue weighted by atomic mass is 32.2. The minimum atomic E-state index is -0.0352. The second-order valence-electron chi connectivity index (χ2n) is 6.24. The van der Waals surface area contributed by atoms with Crippen LogP contribution in [0.2, 0.25) is 0 Å². The average molecular weight is 364 g/mol. The van der Waals surface area contributed by atoms with Crippen molar-refractivity contribution in [2.45, 2.75) is 30.3 Å². The molecule has 1 aromatic carbocycles. The Labute approximate surface area is 153 Å². The summed E-state index contributed by atoms with van der Waals surface area (Å²) in [5.41, 5.74) is 1.34. The van der Waals surface area contributed by atoms with Gasteiger partial charge in [0, 0.05) is 6.54 Å². The highest BCUT2D eigenvalue weighted by molar-refractivity contribution is 8.16. The van der Waals surface area contributed by atoms with Gasteiger partial charge >= 0.3 is 0 Å². The fourth-order valence-corrected chi connectivity index (χ4v) is 5.80. The van der Waals surface area contributed by atoms with E-state index in [0.29, 0.717) is 10.5 Å². The Morgan fingerprint density at radius 1 is 1.17 bits per heavy atom. The summed E-state index contributed by atoms with van der Waals surface area (Å²) < 4.78 is 6.15. The third-order valence-electron chi connectivity index (χ3n) is 4.31. The number of thioether (sulfide) groups is 2. The van der Waals surface area contributed by atoms with E-state index in [9.17, 15) is 4.79 Å². The number of benzene rings is 1. The zero-order chi connectivity index (χ0) is 16.6. The lowest BCUT2D eigenvalue weighted by molar-refractivity contribution is -0.123. The zero-order valence-electron chi connectivity index (χ0n) is 13.9. The maximum absolute atomic E-state index is 11.9. The quantitative estimate of drug-likeness (QED) is 0.760. The molecule has 0 radical (unpaired) electrons. The lowest BCUT2D eigenvalue weighted by Crippen LogP contribution is -2.33. The van der Waals surface area contributed by atoms with E-state index in [4.69, 9.17) is 4.74 Å². The van der Waals surface area contributed by atoms with Crippen molar-refractivity contribution in [1.29, 1.82) is 0 Å². The van der Waals surface area contributed by atoms with Gasteiger partial charge in [-0.3, -0.25) is 4.79 Å². The predicted octanol–water partition coefficient (Wildman–Crippen LogP) is 4.41. The Hall–Kier alpha value is -1.07. The molecule has 2 aliphatic rings. The number of ether oxygens (including phenoxy) is 1. The molecule has 1 atom stereocenters. The number of amides is 1. The molecular weight excluding hydrogens is 338 g/mol. The maximum atomic E-state index is 11.9. The molecule has 1 aliphatic carbocycles. The van der Waals surface area contributed by atoms with Crippen molar-refractivity contribution in [1.82, 2.24) is 5.32 Å². The topological polar surface area (TPSA) is 38.3 Å². The molecule has 1 amide bonds. The van der Waals surface area contributed by atoms with Crippen LogP contribution in [0, 0.1) is 5.92 Å². The van der Waals surface area contributed by atoms with Gasteiger partial charge in [-0.2, -0.15) is 0 Å². The molecule has 5 heteroatoms. The third-order valence-corrected chi connectivity index (χ3v) is 7.33. The molecule has 0 spiro atoms. The fraction of sp³-hybridized carbons (Fsp3) is 0.526. The average Bonchev–Trinajstić information content (AvgIpc) is 2.67. The Bertz CT molecular complexity index is 553. The van der Waals surface area contributed by atoms with Crippen LogP contribution in [0.5, 0.6) is 5.75 Å². The van der Waals surface area contributed by atoms with Crippen molar-refractivity contribution < 1.29 is 9.53 Å². The molecule has 1 fully saturated rings. The van der Waals surface area contributed by atoms with Gasteiger partial charge in [-0.15, -0.1) is 23.5 Å². The predicted molar refractivity (Wildman–Crippen MR) is 104 cm³/mol. The third kappa shape index (κ3) is 5.49. The molecule has 1 heterocycles. The van der Waals surface area contributed by atoms with E-state index in [2.05, 4.69) is 29.6 Å². The molecule has 1 aliphatic heterocycles. The van der Waals surface area contributed by atoms with E-state index >= 15 is 0 Å². The van der Waals surface area contributed by atoms with Gasteiger partial charge in [0.2, 0.25) is 0 Å². The summed E-state index contributed by atoms with van der Waals surface area (Å²) in [4.78, 5) is 11.9. The first-order valence-electron chi connectivity index (χ1n) is 8.69. The number of allylic oxidation sites excluding steroid dienone is 2.